The zero-order valence-electron chi connectivity index (χ0n) is 18.7. The summed E-state index contributed by atoms with van der Waals surface area (Å²) in [6, 6.07) is 25.4. The fraction of sp³-hybridized carbons (Fsp3) is 0.259. The number of aliphatic hydroxyl groups is 1. The van der Waals surface area contributed by atoms with Gasteiger partial charge in [-0.25, -0.2) is 4.79 Å². The van der Waals surface area contributed by atoms with E-state index in [2.05, 4.69) is 10.6 Å². The van der Waals surface area contributed by atoms with Crippen LogP contribution in [0.2, 0.25) is 0 Å². The lowest BCUT2D eigenvalue weighted by atomic mass is 10.1. The first-order valence-electron chi connectivity index (χ1n) is 11.3. The summed E-state index contributed by atoms with van der Waals surface area (Å²) in [7, 11) is 0. The third kappa shape index (κ3) is 6.59. The zero-order valence-corrected chi connectivity index (χ0v) is 18.7. The van der Waals surface area contributed by atoms with Crippen molar-refractivity contribution in [3.05, 3.63) is 102 Å². The summed E-state index contributed by atoms with van der Waals surface area (Å²) in [6.07, 6.45) is -0.528. The molecule has 3 N–H and O–H groups in total. The molecule has 0 bridgehead atoms. The van der Waals surface area contributed by atoms with Crippen LogP contribution in [0.4, 0.5) is 4.79 Å². The van der Waals surface area contributed by atoms with Crippen LogP contribution in [0.25, 0.3) is 0 Å². The molecule has 0 unspecified atom stereocenters. The molecule has 1 aliphatic carbocycles. The molecular formula is C27H28N2O5. The third-order valence-corrected chi connectivity index (χ3v) is 5.74. The summed E-state index contributed by atoms with van der Waals surface area (Å²) in [6.45, 7) is 0.621. The van der Waals surface area contributed by atoms with E-state index in [9.17, 15) is 14.7 Å². The van der Waals surface area contributed by atoms with Crippen LogP contribution in [0.1, 0.15) is 34.3 Å². The van der Waals surface area contributed by atoms with Crippen molar-refractivity contribution in [2.45, 2.75) is 44.2 Å². The van der Waals surface area contributed by atoms with E-state index in [0.717, 1.165) is 11.1 Å². The van der Waals surface area contributed by atoms with Gasteiger partial charge in [-0.3, -0.25) is 4.79 Å². The van der Waals surface area contributed by atoms with E-state index in [1.165, 1.54) is 0 Å². The topological polar surface area (TPSA) is 96.9 Å². The molecular weight excluding hydrogens is 432 g/mol. The fourth-order valence-electron chi connectivity index (χ4n) is 3.92. The van der Waals surface area contributed by atoms with Crippen molar-refractivity contribution in [2.75, 3.05) is 0 Å². The molecule has 3 aromatic rings. The van der Waals surface area contributed by atoms with Crippen LogP contribution in [0.3, 0.4) is 0 Å². The first kappa shape index (κ1) is 23.3. The van der Waals surface area contributed by atoms with Crippen molar-refractivity contribution in [2.24, 2.45) is 0 Å². The molecule has 1 aliphatic rings. The summed E-state index contributed by atoms with van der Waals surface area (Å²) in [5.41, 5.74) is 2.43. The Morgan fingerprint density at radius 2 is 1.41 bits per heavy atom. The summed E-state index contributed by atoms with van der Waals surface area (Å²) in [4.78, 5) is 24.7. The first-order chi connectivity index (χ1) is 16.6. The van der Waals surface area contributed by atoms with E-state index < -0.39 is 18.2 Å². The highest BCUT2D eigenvalue weighted by Crippen LogP contribution is 2.21. The lowest BCUT2D eigenvalue weighted by molar-refractivity contribution is 0.0872. The zero-order chi connectivity index (χ0) is 23.8. The van der Waals surface area contributed by atoms with Crippen molar-refractivity contribution < 1.29 is 24.2 Å². The molecule has 1 saturated carbocycles. The molecule has 0 aliphatic heterocycles. The molecule has 0 radical (unpaired) electrons. The number of ether oxygens (including phenoxy) is 2. The lowest BCUT2D eigenvalue weighted by Crippen LogP contribution is -2.40. The largest absolute Gasteiger partial charge is 0.489 e. The Kier molecular flexibility index (Phi) is 7.78. The van der Waals surface area contributed by atoms with Crippen LogP contribution in [0, 0.1) is 0 Å². The van der Waals surface area contributed by atoms with Gasteiger partial charge in [-0.1, -0.05) is 60.7 Å². The molecule has 176 valence electrons. The van der Waals surface area contributed by atoms with E-state index in [4.69, 9.17) is 9.47 Å². The van der Waals surface area contributed by atoms with E-state index in [-0.39, 0.29) is 18.6 Å². The smallest absolute Gasteiger partial charge is 0.407 e. The number of nitrogens with one attached hydrogen (secondary N) is 2. The molecule has 0 spiro atoms. The van der Waals surface area contributed by atoms with Gasteiger partial charge in [-0.05, 0) is 48.2 Å². The van der Waals surface area contributed by atoms with Gasteiger partial charge in [0.25, 0.3) is 5.91 Å². The predicted molar refractivity (Wildman–Crippen MR) is 127 cm³/mol. The Bertz CT molecular complexity index is 1070. The Morgan fingerprint density at radius 3 is 2.06 bits per heavy atom. The number of rotatable bonds is 8. The van der Waals surface area contributed by atoms with Crippen molar-refractivity contribution in [3.63, 3.8) is 0 Å². The minimum atomic E-state index is -0.753. The summed E-state index contributed by atoms with van der Waals surface area (Å²) in [5.74, 6) is 0.380. The number of hydrogen-bond acceptors (Lipinski definition) is 5. The van der Waals surface area contributed by atoms with Gasteiger partial charge in [-0.2, -0.15) is 0 Å². The number of hydrogen-bond donors (Lipinski definition) is 3. The van der Waals surface area contributed by atoms with Gasteiger partial charge in [0.2, 0.25) is 0 Å². The summed E-state index contributed by atoms with van der Waals surface area (Å²) >= 11 is 0. The van der Waals surface area contributed by atoms with Crippen molar-refractivity contribution in [3.8, 4) is 5.75 Å². The van der Waals surface area contributed by atoms with Crippen LogP contribution in [0.15, 0.2) is 84.9 Å². The van der Waals surface area contributed by atoms with Crippen LogP contribution in [0.5, 0.6) is 5.75 Å². The highest BCUT2D eigenvalue weighted by atomic mass is 16.5. The maximum Gasteiger partial charge on any atom is 0.407 e. The number of carbonyl (C=O) groups is 2. The predicted octanol–water partition coefficient (Wildman–Crippen LogP) is 3.81. The SMILES string of the molecule is O=C(N[C@H]1C[C@@H](O)[C@H](NC(=O)c2ccc(OCc3ccccc3)cc2)C1)OCc1ccccc1. The highest BCUT2D eigenvalue weighted by molar-refractivity contribution is 5.94. The van der Waals surface area contributed by atoms with Crippen LogP contribution >= 0.6 is 0 Å². The summed E-state index contributed by atoms with van der Waals surface area (Å²) in [5, 5.41) is 16.0. The normalized spacial score (nSPS) is 19.3. The van der Waals surface area contributed by atoms with Gasteiger partial charge in [0.1, 0.15) is 19.0 Å². The van der Waals surface area contributed by atoms with Crippen molar-refractivity contribution in [1.82, 2.24) is 10.6 Å². The first-order valence-corrected chi connectivity index (χ1v) is 11.3. The molecule has 0 aromatic heterocycles. The Morgan fingerprint density at radius 1 is 0.794 bits per heavy atom. The minimum absolute atomic E-state index is 0.174. The molecule has 7 heteroatoms. The van der Waals surface area contributed by atoms with E-state index in [1.807, 2.05) is 60.7 Å². The average Bonchev–Trinajstić information content (AvgIpc) is 3.21. The number of aliphatic hydroxyl groups excluding tert-OH is 1. The van der Waals surface area contributed by atoms with Crippen LogP contribution < -0.4 is 15.4 Å². The second-order valence-electron chi connectivity index (χ2n) is 8.32. The van der Waals surface area contributed by atoms with Gasteiger partial charge in [0.15, 0.2) is 0 Å². The Balaban J connectivity index is 1.22. The molecule has 0 saturated heterocycles. The third-order valence-electron chi connectivity index (χ3n) is 5.74. The second-order valence-corrected chi connectivity index (χ2v) is 8.32. The molecule has 2 amide bonds. The molecule has 1 fully saturated rings. The molecule has 7 nitrogen and oxygen atoms in total. The standard InChI is InChI=1S/C27H28N2O5/c30-25-16-22(28-27(32)34-18-20-9-5-2-6-10-20)15-24(25)29-26(31)21-11-13-23(14-12-21)33-17-19-7-3-1-4-8-19/h1-14,22,24-25,30H,15-18H2,(H,28,32)(H,29,31)/t22-,24-,25-/m1/s1. The number of carbonyl (C=O) groups excluding carboxylic acids is 2. The molecule has 3 aromatic carbocycles. The summed E-state index contributed by atoms with van der Waals surface area (Å²) < 4.78 is 11.0. The van der Waals surface area contributed by atoms with Crippen molar-refractivity contribution >= 4 is 12.0 Å². The van der Waals surface area contributed by atoms with Gasteiger partial charge in [-0.15, -0.1) is 0 Å². The van der Waals surface area contributed by atoms with Gasteiger partial charge in [0, 0.05) is 11.6 Å². The van der Waals surface area contributed by atoms with Gasteiger partial charge < -0.3 is 25.2 Å². The minimum Gasteiger partial charge on any atom is -0.489 e. The number of benzene rings is 3. The molecule has 3 atom stereocenters. The van der Waals surface area contributed by atoms with Crippen molar-refractivity contribution in [1.29, 1.82) is 0 Å². The highest BCUT2D eigenvalue weighted by Gasteiger charge is 2.35. The molecule has 34 heavy (non-hydrogen) atoms. The maximum atomic E-state index is 12.7. The second kappa shape index (κ2) is 11.3. The van der Waals surface area contributed by atoms with E-state index in [0.29, 0.717) is 30.8 Å². The van der Waals surface area contributed by atoms with Gasteiger partial charge >= 0.3 is 6.09 Å². The Labute approximate surface area is 198 Å². The fourth-order valence-corrected chi connectivity index (χ4v) is 3.92. The molecule has 4 rings (SSSR count). The maximum absolute atomic E-state index is 12.7. The van der Waals surface area contributed by atoms with Crippen LogP contribution in [-0.4, -0.2) is 35.3 Å². The lowest BCUT2D eigenvalue weighted by Gasteiger charge is -2.16. The average molecular weight is 461 g/mol. The quantitative estimate of drug-likeness (QED) is 0.475. The van der Waals surface area contributed by atoms with E-state index >= 15 is 0 Å². The van der Waals surface area contributed by atoms with Gasteiger partial charge in [0.05, 0.1) is 12.1 Å². The monoisotopic (exact) mass is 460 g/mol. The number of alkyl carbamates (subject to hydrolysis) is 1. The van der Waals surface area contributed by atoms with E-state index in [1.54, 1.807) is 24.3 Å². The number of amides is 2. The molecule has 0 heterocycles. The Hall–Kier alpha value is -3.84. The van der Waals surface area contributed by atoms with Crippen LogP contribution in [-0.2, 0) is 18.0 Å².